The fourth-order valence-electron chi connectivity index (χ4n) is 3.05. The van der Waals surface area contributed by atoms with E-state index in [9.17, 15) is 0 Å². The van der Waals surface area contributed by atoms with Crippen LogP contribution < -0.4 is 4.57 Å². The van der Waals surface area contributed by atoms with E-state index >= 15 is 0 Å². The van der Waals surface area contributed by atoms with Gasteiger partial charge in [-0.05, 0) is 49.8 Å². The number of hydrogen-bond donors (Lipinski definition) is 0. The Hall–Kier alpha value is -1.63. The van der Waals surface area contributed by atoms with Crippen molar-refractivity contribution in [3.8, 4) is 11.3 Å². The minimum absolute atomic E-state index is 0.673. The Morgan fingerprint density at radius 2 is 1.65 bits per heavy atom. The first-order chi connectivity index (χ1) is 9.58. The van der Waals surface area contributed by atoms with Gasteiger partial charge in [0.1, 0.15) is 7.05 Å². The molecule has 1 heterocycles. The molecule has 1 heteroatoms. The molecule has 0 radical (unpaired) electrons. The molecule has 0 atom stereocenters. The smallest absolute Gasteiger partial charge is 0.201 e. The molecule has 0 unspecified atom stereocenters. The van der Waals surface area contributed by atoms with E-state index in [1.165, 1.54) is 40.8 Å². The largest absolute Gasteiger partial charge is 0.212 e. The quantitative estimate of drug-likeness (QED) is 0.708. The summed E-state index contributed by atoms with van der Waals surface area (Å²) in [5, 5.41) is 0. The summed E-state index contributed by atoms with van der Waals surface area (Å²) in [5.74, 6) is 0.673. The summed E-state index contributed by atoms with van der Waals surface area (Å²) < 4.78 is 2.28. The molecular weight excluding hydrogens is 242 g/mol. The van der Waals surface area contributed by atoms with Crippen LogP contribution in [-0.2, 0) is 7.05 Å². The maximum atomic E-state index is 2.34. The van der Waals surface area contributed by atoms with Crippen LogP contribution in [-0.4, -0.2) is 0 Å². The second kappa shape index (κ2) is 6.21. The first-order valence-electron chi connectivity index (χ1n) is 7.64. The number of aromatic nitrogens is 1. The van der Waals surface area contributed by atoms with E-state index in [2.05, 4.69) is 75.8 Å². The second-order valence-electron chi connectivity index (χ2n) is 5.74. The highest BCUT2D eigenvalue weighted by molar-refractivity contribution is 5.61. The van der Waals surface area contributed by atoms with Gasteiger partial charge in [-0.1, -0.05) is 32.0 Å². The number of aryl methyl sites for hydroxylation is 3. The lowest BCUT2D eigenvalue weighted by molar-refractivity contribution is -0.661. The summed E-state index contributed by atoms with van der Waals surface area (Å²) >= 11 is 0. The molecule has 2 rings (SSSR count). The molecule has 0 N–H and O–H groups in total. The van der Waals surface area contributed by atoms with Gasteiger partial charge in [-0.25, -0.2) is 4.57 Å². The van der Waals surface area contributed by atoms with E-state index < -0.39 is 0 Å². The van der Waals surface area contributed by atoms with Crippen molar-refractivity contribution in [2.24, 2.45) is 7.05 Å². The number of nitrogens with zero attached hydrogens (tertiary/aromatic N) is 1. The predicted octanol–water partition coefficient (Wildman–Crippen LogP) is 4.70. The lowest BCUT2D eigenvalue weighted by Crippen LogP contribution is -2.32. The molecule has 2 aromatic rings. The predicted molar refractivity (Wildman–Crippen MR) is 85.9 cm³/mol. The van der Waals surface area contributed by atoms with Crippen molar-refractivity contribution in [3.05, 3.63) is 53.2 Å². The highest BCUT2D eigenvalue weighted by Crippen LogP contribution is 2.28. The fourth-order valence-corrected chi connectivity index (χ4v) is 3.05. The molecule has 1 aromatic heterocycles. The van der Waals surface area contributed by atoms with Gasteiger partial charge in [-0.15, -0.1) is 0 Å². The van der Waals surface area contributed by atoms with E-state index in [-0.39, 0.29) is 0 Å². The Kier molecular flexibility index (Phi) is 4.59. The standard InChI is InChI=1S/C19H26N/c1-6-16(7-2)18-13-20(5)19(12-15(18)4)17-11-9-8-10-14(17)3/h8-13,16H,6-7H2,1-5H3/q+1. The maximum absolute atomic E-state index is 2.34. The van der Waals surface area contributed by atoms with Gasteiger partial charge in [0.2, 0.25) is 5.69 Å². The molecule has 1 aromatic carbocycles. The van der Waals surface area contributed by atoms with Crippen LogP contribution in [0.25, 0.3) is 11.3 Å². The Balaban J connectivity index is 2.54. The summed E-state index contributed by atoms with van der Waals surface area (Å²) in [6.07, 6.45) is 4.75. The van der Waals surface area contributed by atoms with Crippen LogP contribution in [0.1, 0.15) is 49.3 Å². The maximum Gasteiger partial charge on any atom is 0.212 e. The summed E-state index contributed by atoms with van der Waals surface area (Å²) in [7, 11) is 2.16. The summed E-state index contributed by atoms with van der Waals surface area (Å²) in [6, 6.07) is 11.0. The lowest BCUT2D eigenvalue weighted by atomic mass is 9.91. The SMILES string of the molecule is CCC(CC)c1c[n+](C)c(-c2ccccc2C)cc1C. The van der Waals surface area contributed by atoms with Gasteiger partial charge in [-0.2, -0.15) is 0 Å². The van der Waals surface area contributed by atoms with E-state index in [1.807, 2.05) is 0 Å². The number of benzene rings is 1. The van der Waals surface area contributed by atoms with Crippen LogP contribution in [0.5, 0.6) is 0 Å². The Morgan fingerprint density at radius 3 is 2.25 bits per heavy atom. The van der Waals surface area contributed by atoms with Crippen molar-refractivity contribution in [2.45, 2.75) is 46.5 Å². The zero-order valence-corrected chi connectivity index (χ0v) is 13.4. The fraction of sp³-hybridized carbons (Fsp3) is 0.421. The number of rotatable bonds is 4. The van der Waals surface area contributed by atoms with Gasteiger partial charge in [0, 0.05) is 17.2 Å². The molecule has 0 spiro atoms. The number of pyridine rings is 1. The van der Waals surface area contributed by atoms with Crippen LogP contribution >= 0.6 is 0 Å². The molecule has 1 nitrogen and oxygen atoms in total. The summed E-state index contributed by atoms with van der Waals surface area (Å²) in [6.45, 7) is 8.99. The highest BCUT2D eigenvalue weighted by Gasteiger charge is 2.18. The van der Waals surface area contributed by atoms with Gasteiger partial charge in [-0.3, -0.25) is 0 Å². The summed E-state index contributed by atoms with van der Waals surface area (Å²) in [4.78, 5) is 0. The minimum Gasteiger partial charge on any atom is -0.201 e. The van der Waals surface area contributed by atoms with Crippen molar-refractivity contribution in [1.82, 2.24) is 0 Å². The van der Waals surface area contributed by atoms with Crippen LogP contribution in [0.3, 0.4) is 0 Å². The Morgan fingerprint density at radius 1 is 1.00 bits per heavy atom. The average molecular weight is 268 g/mol. The van der Waals surface area contributed by atoms with Gasteiger partial charge in [0.25, 0.3) is 0 Å². The van der Waals surface area contributed by atoms with Gasteiger partial charge in [0.05, 0.1) is 0 Å². The molecule has 106 valence electrons. The second-order valence-corrected chi connectivity index (χ2v) is 5.74. The normalized spacial score (nSPS) is 11.1. The topological polar surface area (TPSA) is 3.88 Å². The molecule has 0 saturated heterocycles. The molecule has 0 aliphatic rings. The zero-order chi connectivity index (χ0) is 14.7. The molecule has 0 aliphatic carbocycles. The van der Waals surface area contributed by atoms with Crippen LogP contribution in [0.15, 0.2) is 36.5 Å². The first kappa shape index (κ1) is 14.8. The third-order valence-corrected chi connectivity index (χ3v) is 4.37. The van der Waals surface area contributed by atoms with E-state index in [0.29, 0.717) is 5.92 Å². The van der Waals surface area contributed by atoms with Crippen LogP contribution in [0.4, 0.5) is 0 Å². The Bertz CT molecular complexity index is 595. The first-order valence-corrected chi connectivity index (χ1v) is 7.64. The molecular formula is C19H26N+. The molecule has 20 heavy (non-hydrogen) atoms. The van der Waals surface area contributed by atoms with Crippen molar-refractivity contribution >= 4 is 0 Å². The van der Waals surface area contributed by atoms with E-state index in [0.717, 1.165) is 0 Å². The average Bonchev–Trinajstić information content (AvgIpc) is 2.44. The lowest BCUT2D eigenvalue weighted by Gasteiger charge is -2.15. The zero-order valence-electron chi connectivity index (χ0n) is 13.4. The van der Waals surface area contributed by atoms with Gasteiger partial charge < -0.3 is 0 Å². The van der Waals surface area contributed by atoms with E-state index in [4.69, 9.17) is 0 Å². The van der Waals surface area contributed by atoms with Crippen LogP contribution in [0.2, 0.25) is 0 Å². The van der Waals surface area contributed by atoms with Crippen molar-refractivity contribution in [1.29, 1.82) is 0 Å². The third-order valence-electron chi connectivity index (χ3n) is 4.37. The van der Waals surface area contributed by atoms with Crippen LogP contribution in [0, 0.1) is 13.8 Å². The molecule has 0 bridgehead atoms. The molecule has 0 aliphatic heterocycles. The minimum atomic E-state index is 0.673. The van der Waals surface area contributed by atoms with Crippen molar-refractivity contribution < 1.29 is 4.57 Å². The van der Waals surface area contributed by atoms with Crippen molar-refractivity contribution in [2.75, 3.05) is 0 Å². The summed E-state index contributed by atoms with van der Waals surface area (Å²) in [5.41, 5.74) is 6.87. The Labute approximate surface area is 123 Å². The molecule has 0 saturated carbocycles. The monoisotopic (exact) mass is 268 g/mol. The third kappa shape index (κ3) is 2.77. The van der Waals surface area contributed by atoms with Gasteiger partial charge >= 0.3 is 0 Å². The van der Waals surface area contributed by atoms with Gasteiger partial charge in [0.15, 0.2) is 6.20 Å². The highest BCUT2D eigenvalue weighted by atomic mass is 14.9. The van der Waals surface area contributed by atoms with E-state index in [1.54, 1.807) is 0 Å². The van der Waals surface area contributed by atoms with Crippen molar-refractivity contribution in [3.63, 3.8) is 0 Å². The molecule has 0 amide bonds. The number of hydrogen-bond acceptors (Lipinski definition) is 0. The molecule has 0 fully saturated rings.